The van der Waals surface area contributed by atoms with Crippen LogP contribution in [0.25, 0.3) is 6.08 Å². The molecule has 1 aromatic carbocycles. The molecule has 0 bridgehead atoms. The summed E-state index contributed by atoms with van der Waals surface area (Å²) in [6, 6.07) is 9.84. The lowest BCUT2D eigenvalue weighted by Gasteiger charge is -2.68. The Kier molecular flexibility index (Phi) is 7.67. The van der Waals surface area contributed by atoms with E-state index in [2.05, 4.69) is 13.8 Å². The van der Waals surface area contributed by atoms with Crippen LogP contribution in [0.3, 0.4) is 0 Å². The lowest BCUT2D eigenvalue weighted by Crippen LogP contribution is -2.69. The van der Waals surface area contributed by atoms with Gasteiger partial charge in [0.25, 0.3) is 0 Å². The first-order chi connectivity index (χ1) is 21.8. The zero-order valence-electron chi connectivity index (χ0n) is 28.7. The van der Waals surface area contributed by atoms with Gasteiger partial charge in [-0.15, -0.1) is 0 Å². The van der Waals surface area contributed by atoms with Gasteiger partial charge in [0, 0.05) is 46.2 Å². The number of carboxylic acids is 1. The Morgan fingerprint density at radius 3 is 2.34 bits per heavy atom. The monoisotopic (exact) mass is 642 g/mol. The second kappa shape index (κ2) is 10.7. The number of aliphatic hydroxyl groups is 3. The van der Waals surface area contributed by atoms with Crippen LogP contribution in [-0.4, -0.2) is 55.3 Å². The van der Waals surface area contributed by atoms with Crippen molar-refractivity contribution in [2.24, 2.45) is 45.3 Å². The zero-order valence-corrected chi connectivity index (χ0v) is 28.7. The number of carbonyl (C=O) groups is 3. The highest BCUT2D eigenvalue weighted by Gasteiger charge is 2.78. The Hall–Kier alpha value is -3.13. The van der Waals surface area contributed by atoms with Crippen LogP contribution >= 0.6 is 0 Å². The average Bonchev–Trinajstić information content (AvgIpc) is 3.17. The minimum absolute atomic E-state index is 0.0412. The van der Waals surface area contributed by atoms with Crippen molar-refractivity contribution in [1.82, 2.24) is 0 Å². The highest BCUT2D eigenvalue weighted by molar-refractivity contribution is 6.02. The van der Waals surface area contributed by atoms with E-state index in [-0.39, 0.29) is 47.7 Å². The average molecular weight is 643 g/mol. The minimum Gasteiger partial charge on any atom is -0.478 e. The molecule has 0 aromatic heterocycles. The van der Waals surface area contributed by atoms with E-state index in [1.54, 1.807) is 12.2 Å². The normalized spacial score (nSPS) is 41.9. The van der Waals surface area contributed by atoms with Crippen molar-refractivity contribution in [2.45, 2.75) is 97.9 Å². The zero-order chi connectivity index (χ0) is 34.5. The number of fused-ring (bicyclic) bond motifs is 2. The molecule has 0 radical (unpaired) electrons. The summed E-state index contributed by atoms with van der Waals surface area (Å²) in [5.74, 6) is -2.33. The van der Waals surface area contributed by atoms with Gasteiger partial charge in [-0.25, -0.2) is 4.79 Å². The number of carbonyl (C=O) groups excluding carboxylic acids is 2. The van der Waals surface area contributed by atoms with Gasteiger partial charge in [0.05, 0.1) is 11.7 Å². The van der Waals surface area contributed by atoms with E-state index in [0.717, 1.165) is 5.56 Å². The van der Waals surface area contributed by atoms with Crippen LogP contribution in [0.2, 0.25) is 0 Å². The number of aliphatic carboxylic acids is 1. The number of rotatable bonds is 7. The highest BCUT2D eigenvalue weighted by atomic mass is 16.4. The molecule has 4 N–H and O–H groups in total. The second-order valence-electron chi connectivity index (χ2n) is 16.6. The number of carboxylic acid groups (broad SMARTS) is 1. The number of hydrogen-bond acceptors (Lipinski definition) is 6. The molecule has 10 atom stereocenters. The number of ketones is 2. The molecule has 5 aliphatic carbocycles. The fourth-order valence-electron chi connectivity index (χ4n) is 11.4. The van der Waals surface area contributed by atoms with Crippen molar-refractivity contribution >= 4 is 23.6 Å². The molecule has 7 heteroatoms. The molecule has 0 aliphatic heterocycles. The first-order valence-corrected chi connectivity index (χ1v) is 17.1. The molecule has 1 aromatic rings. The number of allylic oxidation sites excluding steroid dienone is 1. The topological polar surface area (TPSA) is 132 Å². The summed E-state index contributed by atoms with van der Waals surface area (Å²) in [5, 5.41) is 46.2. The highest BCUT2D eigenvalue weighted by Crippen LogP contribution is 2.78. The molecular weight excluding hydrogens is 592 g/mol. The molecule has 0 heterocycles. The molecule has 2 fully saturated rings. The molecule has 7 nitrogen and oxygen atoms in total. The Bertz CT molecular complexity index is 1650. The van der Waals surface area contributed by atoms with Gasteiger partial charge < -0.3 is 20.4 Å². The van der Waals surface area contributed by atoms with Crippen LogP contribution in [0.5, 0.6) is 0 Å². The lowest BCUT2D eigenvalue weighted by molar-refractivity contribution is -0.161. The number of Topliss-reactive ketones (excluding diaryl/α,β-unsaturated/α-hetero) is 2. The quantitative estimate of drug-likeness (QED) is 0.209. The van der Waals surface area contributed by atoms with Crippen LogP contribution in [0.4, 0.5) is 0 Å². The third kappa shape index (κ3) is 4.45. The summed E-state index contributed by atoms with van der Waals surface area (Å²) in [7, 11) is 0. The smallest absolute Gasteiger partial charge is 0.331 e. The van der Waals surface area contributed by atoms with Crippen molar-refractivity contribution < 1.29 is 34.8 Å². The minimum atomic E-state index is -1.63. The molecular formula is C40H50O7. The van der Waals surface area contributed by atoms with E-state index in [0.29, 0.717) is 30.4 Å². The molecule has 47 heavy (non-hydrogen) atoms. The van der Waals surface area contributed by atoms with Crippen LogP contribution in [0, 0.1) is 45.3 Å². The van der Waals surface area contributed by atoms with Crippen molar-refractivity contribution in [1.29, 1.82) is 0 Å². The summed E-state index contributed by atoms with van der Waals surface area (Å²) in [4.78, 5) is 39.8. The van der Waals surface area contributed by atoms with Crippen molar-refractivity contribution in [3.63, 3.8) is 0 Å². The fourth-order valence-corrected chi connectivity index (χ4v) is 11.4. The Morgan fingerprint density at radius 2 is 1.70 bits per heavy atom. The third-order valence-electron chi connectivity index (χ3n) is 13.8. The lowest BCUT2D eigenvalue weighted by atomic mass is 9.36. The van der Waals surface area contributed by atoms with Crippen LogP contribution in [0.15, 0.2) is 71.4 Å². The summed E-state index contributed by atoms with van der Waals surface area (Å²) < 4.78 is 0. The maximum Gasteiger partial charge on any atom is 0.331 e. The number of hydrogen-bond donors (Lipinski definition) is 4. The second-order valence-corrected chi connectivity index (χ2v) is 16.6. The molecule has 5 aliphatic rings. The molecule has 0 unspecified atom stereocenters. The van der Waals surface area contributed by atoms with Gasteiger partial charge in [-0.2, -0.15) is 0 Å². The molecule has 0 spiro atoms. The molecule has 0 amide bonds. The van der Waals surface area contributed by atoms with E-state index in [1.165, 1.54) is 13.0 Å². The largest absolute Gasteiger partial charge is 0.478 e. The van der Waals surface area contributed by atoms with Crippen LogP contribution < -0.4 is 0 Å². The predicted molar refractivity (Wildman–Crippen MR) is 180 cm³/mol. The van der Waals surface area contributed by atoms with Gasteiger partial charge in [0.1, 0.15) is 11.4 Å². The van der Waals surface area contributed by atoms with E-state index < -0.39 is 50.9 Å². The molecule has 252 valence electrons. The Morgan fingerprint density at radius 1 is 1.04 bits per heavy atom. The summed E-state index contributed by atoms with van der Waals surface area (Å²) in [6.07, 6.45) is 9.44. The fraction of sp³-hybridized carbons (Fsp3) is 0.575. The Labute approximate surface area is 278 Å². The van der Waals surface area contributed by atoms with E-state index in [1.807, 2.05) is 70.2 Å². The summed E-state index contributed by atoms with van der Waals surface area (Å²) >= 11 is 0. The first kappa shape index (κ1) is 33.8. The first-order valence-electron chi connectivity index (χ1n) is 17.1. The number of aliphatic hydroxyl groups excluding tert-OH is 1. The van der Waals surface area contributed by atoms with E-state index in [9.17, 15) is 34.8 Å². The van der Waals surface area contributed by atoms with Gasteiger partial charge in [-0.1, -0.05) is 90.1 Å². The Balaban J connectivity index is 1.55. The van der Waals surface area contributed by atoms with E-state index >= 15 is 0 Å². The molecule has 6 rings (SSSR count). The van der Waals surface area contributed by atoms with Gasteiger partial charge in [-0.3, -0.25) is 9.59 Å². The van der Waals surface area contributed by atoms with Gasteiger partial charge in [0.15, 0.2) is 5.78 Å². The SMILES string of the molecule is C/C(=C\[C@@H](O)C[C@@H](C)[C@H]1C[C@@]2(O)C=C[C@]3(O)C4=C(C(=O)C[C@@]1(C)[C@]42C)[C@@]1(C)CCC(=O)C(C)(C)[C@H]1[C@@H]3/C=C/c1ccccc1)C(=O)O. The van der Waals surface area contributed by atoms with Gasteiger partial charge >= 0.3 is 5.97 Å². The maximum atomic E-state index is 14.8. The molecule has 0 saturated heterocycles. The van der Waals surface area contributed by atoms with E-state index in [4.69, 9.17) is 0 Å². The summed E-state index contributed by atoms with van der Waals surface area (Å²) in [6.45, 7) is 13.5. The van der Waals surface area contributed by atoms with Crippen LogP contribution in [0.1, 0.15) is 86.1 Å². The van der Waals surface area contributed by atoms with Gasteiger partial charge in [-0.05, 0) is 72.6 Å². The van der Waals surface area contributed by atoms with Crippen molar-refractivity contribution in [3.05, 3.63) is 76.9 Å². The number of benzene rings is 1. The van der Waals surface area contributed by atoms with Crippen LogP contribution in [-0.2, 0) is 14.4 Å². The predicted octanol–water partition coefficient (Wildman–Crippen LogP) is 6.09. The standard InChI is InChI=1S/C40H50O7/c1-23(19-26(41)20-24(2)34(44)45)28-21-39(46)17-18-40(47)27(14-13-25-11-9-8-10-12-25)32-35(3,4)30(43)15-16-36(32,5)31-29(42)22-37(28,6)38(39,7)33(31)40/h8-14,17-18,20,23,26-28,32,41,46-47H,15-16,19,21-22H2,1-7H3,(H,44,45)/b14-13+,24-20+/t23-,26+,27+,28-,32-,36-,37-,38+,39+,40-/m1/s1. The maximum absolute atomic E-state index is 14.8. The van der Waals surface area contributed by atoms with Crippen molar-refractivity contribution in [3.8, 4) is 0 Å². The van der Waals surface area contributed by atoms with Gasteiger partial charge in [0.2, 0.25) is 0 Å². The summed E-state index contributed by atoms with van der Waals surface area (Å²) in [5.41, 5.74) is -4.13. The molecule has 2 saturated carbocycles. The van der Waals surface area contributed by atoms with Crippen molar-refractivity contribution in [2.75, 3.05) is 0 Å². The third-order valence-corrected chi connectivity index (χ3v) is 13.8.